The van der Waals surface area contributed by atoms with E-state index in [2.05, 4.69) is 0 Å². The van der Waals surface area contributed by atoms with E-state index in [-0.39, 0.29) is 5.43 Å². The number of aryl methyl sites for hydroxylation is 1. The van der Waals surface area contributed by atoms with Crippen LogP contribution in [0.1, 0.15) is 12.0 Å². The van der Waals surface area contributed by atoms with Gasteiger partial charge < -0.3 is 15.0 Å². The molecule has 0 aliphatic rings. The summed E-state index contributed by atoms with van der Waals surface area (Å²) in [6.45, 7) is 1.39. The van der Waals surface area contributed by atoms with Crippen molar-refractivity contribution in [3.8, 4) is 5.75 Å². The molecule has 0 saturated carbocycles. The normalized spacial score (nSPS) is 10.2. The molecule has 0 radical (unpaired) electrons. The summed E-state index contributed by atoms with van der Waals surface area (Å²) in [6.07, 6.45) is 4.39. The SMILES string of the molecule is NC(=S)c1cccc(OCCCn2ccc(=O)cc2)c1. The summed E-state index contributed by atoms with van der Waals surface area (Å²) >= 11 is 4.92. The molecule has 104 valence electrons. The van der Waals surface area contributed by atoms with Crippen molar-refractivity contribution in [2.75, 3.05) is 6.61 Å². The number of pyridine rings is 1. The predicted molar refractivity (Wildman–Crippen MR) is 83.1 cm³/mol. The molecule has 5 heteroatoms. The van der Waals surface area contributed by atoms with E-state index < -0.39 is 0 Å². The minimum atomic E-state index is 0.0204. The van der Waals surface area contributed by atoms with Crippen LogP contribution in [0.4, 0.5) is 0 Å². The minimum absolute atomic E-state index is 0.0204. The first-order valence-corrected chi connectivity index (χ1v) is 6.75. The van der Waals surface area contributed by atoms with E-state index in [1.165, 1.54) is 0 Å². The van der Waals surface area contributed by atoms with Gasteiger partial charge in [-0.1, -0.05) is 24.4 Å². The Morgan fingerprint density at radius 1 is 1.25 bits per heavy atom. The highest BCUT2D eigenvalue weighted by atomic mass is 32.1. The van der Waals surface area contributed by atoms with Gasteiger partial charge in [0.15, 0.2) is 5.43 Å². The highest BCUT2D eigenvalue weighted by Gasteiger charge is 1.99. The molecular formula is C15H16N2O2S. The second-order valence-corrected chi connectivity index (χ2v) is 4.81. The number of benzene rings is 1. The Morgan fingerprint density at radius 3 is 2.70 bits per heavy atom. The maximum atomic E-state index is 11.0. The molecule has 0 fully saturated rings. The third-order valence-electron chi connectivity index (χ3n) is 2.81. The average Bonchev–Trinajstić information content (AvgIpc) is 2.46. The quantitative estimate of drug-likeness (QED) is 0.652. The molecule has 0 aliphatic carbocycles. The van der Waals surface area contributed by atoms with E-state index in [0.717, 1.165) is 24.3 Å². The maximum absolute atomic E-state index is 11.0. The number of hydrogen-bond donors (Lipinski definition) is 1. The molecular weight excluding hydrogens is 272 g/mol. The summed E-state index contributed by atoms with van der Waals surface area (Å²) < 4.78 is 7.61. The number of rotatable bonds is 6. The first-order chi connectivity index (χ1) is 9.65. The third-order valence-corrected chi connectivity index (χ3v) is 3.04. The van der Waals surface area contributed by atoms with Crippen molar-refractivity contribution in [2.24, 2.45) is 5.73 Å². The van der Waals surface area contributed by atoms with Gasteiger partial charge in [-0.25, -0.2) is 0 Å². The lowest BCUT2D eigenvalue weighted by Gasteiger charge is -2.09. The largest absolute Gasteiger partial charge is 0.494 e. The van der Waals surface area contributed by atoms with Crippen LogP contribution >= 0.6 is 12.2 Å². The van der Waals surface area contributed by atoms with E-state index in [1.54, 1.807) is 24.5 Å². The molecule has 2 rings (SSSR count). The highest BCUT2D eigenvalue weighted by molar-refractivity contribution is 7.80. The number of nitrogens with zero attached hydrogens (tertiary/aromatic N) is 1. The molecule has 1 aromatic heterocycles. The van der Waals surface area contributed by atoms with Crippen LogP contribution in [0.2, 0.25) is 0 Å². The molecule has 0 saturated heterocycles. The standard InChI is InChI=1S/C15H16N2O2S/c16-15(20)12-3-1-4-14(11-12)19-10-2-7-17-8-5-13(18)6-9-17/h1,3-6,8-9,11H,2,7,10H2,(H2,16,20). The van der Waals surface area contributed by atoms with Crippen LogP contribution in [-0.4, -0.2) is 16.2 Å². The molecule has 2 aromatic rings. The Morgan fingerprint density at radius 2 is 2.00 bits per heavy atom. The van der Waals surface area contributed by atoms with Gasteiger partial charge in [-0.2, -0.15) is 0 Å². The molecule has 0 atom stereocenters. The zero-order chi connectivity index (χ0) is 14.4. The number of hydrogen-bond acceptors (Lipinski definition) is 3. The van der Waals surface area contributed by atoms with Crippen LogP contribution in [0.25, 0.3) is 0 Å². The average molecular weight is 288 g/mol. The van der Waals surface area contributed by atoms with Crippen LogP contribution in [0, 0.1) is 0 Å². The Labute approximate surface area is 122 Å². The zero-order valence-electron chi connectivity index (χ0n) is 11.0. The minimum Gasteiger partial charge on any atom is -0.494 e. The third kappa shape index (κ3) is 4.20. The molecule has 20 heavy (non-hydrogen) atoms. The smallest absolute Gasteiger partial charge is 0.181 e. The second kappa shape index (κ2) is 6.86. The molecule has 4 nitrogen and oxygen atoms in total. The number of ether oxygens (including phenoxy) is 1. The first kappa shape index (κ1) is 14.3. The van der Waals surface area contributed by atoms with Crippen LogP contribution < -0.4 is 15.9 Å². The summed E-state index contributed by atoms with van der Waals surface area (Å²) in [5, 5.41) is 0. The van der Waals surface area contributed by atoms with Crippen LogP contribution in [0.15, 0.2) is 53.6 Å². The summed E-state index contributed by atoms with van der Waals surface area (Å²) in [7, 11) is 0. The van der Waals surface area contributed by atoms with Gasteiger partial charge >= 0.3 is 0 Å². The van der Waals surface area contributed by atoms with Crippen molar-refractivity contribution >= 4 is 17.2 Å². The Kier molecular flexibility index (Phi) is 4.90. The van der Waals surface area contributed by atoms with Gasteiger partial charge in [-0.3, -0.25) is 4.79 Å². The summed E-state index contributed by atoms with van der Waals surface area (Å²) in [5.74, 6) is 0.759. The van der Waals surface area contributed by atoms with Gasteiger partial charge in [0, 0.05) is 36.6 Å². The van der Waals surface area contributed by atoms with Crippen molar-refractivity contribution in [1.82, 2.24) is 4.57 Å². The number of thiocarbonyl (C=S) groups is 1. The Bertz CT molecular complexity index is 632. The molecule has 1 heterocycles. The molecule has 2 N–H and O–H groups in total. The van der Waals surface area contributed by atoms with Crippen molar-refractivity contribution in [3.63, 3.8) is 0 Å². The van der Waals surface area contributed by atoms with E-state index in [4.69, 9.17) is 22.7 Å². The summed E-state index contributed by atoms with van der Waals surface area (Å²) in [4.78, 5) is 11.3. The van der Waals surface area contributed by atoms with Crippen LogP contribution in [0.5, 0.6) is 5.75 Å². The van der Waals surface area contributed by atoms with Gasteiger partial charge in [0.1, 0.15) is 10.7 Å². The van der Waals surface area contributed by atoms with Gasteiger partial charge in [0.25, 0.3) is 0 Å². The topological polar surface area (TPSA) is 57.2 Å². The number of nitrogens with two attached hydrogens (primary N) is 1. The fourth-order valence-corrected chi connectivity index (χ4v) is 1.90. The molecule has 0 aliphatic heterocycles. The summed E-state index contributed by atoms with van der Waals surface area (Å²) in [5.41, 5.74) is 6.40. The lowest BCUT2D eigenvalue weighted by atomic mass is 10.2. The monoisotopic (exact) mass is 288 g/mol. The van der Waals surface area contributed by atoms with Crippen LogP contribution in [-0.2, 0) is 6.54 Å². The fourth-order valence-electron chi connectivity index (χ4n) is 1.77. The molecule has 1 aromatic carbocycles. The first-order valence-electron chi connectivity index (χ1n) is 6.34. The lowest BCUT2D eigenvalue weighted by molar-refractivity contribution is 0.301. The van der Waals surface area contributed by atoms with E-state index in [0.29, 0.717) is 11.6 Å². The van der Waals surface area contributed by atoms with Gasteiger partial charge in [-0.15, -0.1) is 0 Å². The lowest BCUT2D eigenvalue weighted by Crippen LogP contribution is -2.10. The van der Waals surface area contributed by atoms with Crippen LogP contribution in [0.3, 0.4) is 0 Å². The molecule has 0 unspecified atom stereocenters. The van der Waals surface area contributed by atoms with Crippen molar-refractivity contribution in [1.29, 1.82) is 0 Å². The van der Waals surface area contributed by atoms with E-state index in [1.807, 2.05) is 28.8 Å². The van der Waals surface area contributed by atoms with Crippen molar-refractivity contribution < 1.29 is 4.74 Å². The zero-order valence-corrected chi connectivity index (χ0v) is 11.8. The Balaban J connectivity index is 1.81. The van der Waals surface area contributed by atoms with Gasteiger partial charge in [0.2, 0.25) is 0 Å². The van der Waals surface area contributed by atoms with Crippen molar-refractivity contribution in [2.45, 2.75) is 13.0 Å². The maximum Gasteiger partial charge on any atom is 0.181 e. The fraction of sp³-hybridized carbons (Fsp3) is 0.200. The molecule has 0 bridgehead atoms. The van der Waals surface area contributed by atoms with E-state index in [9.17, 15) is 4.79 Å². The molecule has 0 amide bonds. The van der Waals surface area contributed by atoms with Gasteiger partial charge in [0.05, 0.1) is 6.61 Å². The van der Waals surface area contributed by atoms with E-state index >= 15 is 0 Å². The molecule has 0 spiro atoms. The summed E-state index contributed by atoms with van der Waals surface area (Å²) in [6, 6.07) is 10.5. The Hall–Kier alpha value is -2.14. The second-order valence-electron chi connectivity index (χ2n) is 4.37. The van der Waals surface area contributed by atoms with Crippen molar-refractivity contribution in [3.05, 3.63) is 64.6 Å². The highest BCUT2D eigenvalue weighted by Crippen LogP contribution is 2.13. The predicted octanol–water partition coefficient (Wildman–Crippen LogP) is 1.95. The number of aromatic nitrogens is 1. The van der Waals surface area contributed by atoms with Gasteiger partial charge in [-0.05, 0) is 18.6 Å².